The molecule has 0 amide bonds. The number of morpholine rings is 1. The predicted molar refractivity (Wildman–Crippen MR) is 92.1 cm³/mol. The molecular formula is C18H29N3O2. The number of benzene rings is 1. The van der Waals surface area contributed by atoms with Crippen LogP contribution in [0.5, 0.6) is 5.75 Å². The molecule has 1 atom stereocenters. The second-order valence-corrected chi connectivity index (χ2v) is 6.19. The van der Waals surface area contributed by atoms with Crippen LogP contribution in [-0.2, 0) is 4.74 Å². The number of rotatable bonds is 6. The van der Waals surface area contributed by atoms with E-state index in [0.717, 1.165) is 64.8 Å². The van der Waals surface area contributed by atoms with Crippen LogP contribution in [0.4, 0.5) is 0 Å². The molecule has 2 fully saturated rings. The lowest BCUT2D eigenvalue weighted by molar-refractivity contribution is 0.00607. The van der Waals surface area contributed by atoms with Crippen molar-refractivity contribution >= 4 is 0 Å². The summed E-state index contributed by atoms with van der Waals surface area (Å²) in [4.78, 5) is 5.13. The summed E-state index contributed by atoms with van der Waals surface area (Å²) in [6.45, 7) is 11.9. The summed E-state index contributed by atoms with van der Waals surface area (Å²) >= 11 is 0. The van der Waals surface area contributed by atoms with Gasteiger partial charge in [0.25, 0.3) is 0 Å². The Balaban J connectivity index is 1.81. The molecule has 2 saturated heterocycles. The Bertz CT molecular complexity index is 471. The monoisotopic (exact) mass is 319 g/mol. The Morgan fingerprint density at radius 3 is 2.61 bits per heavy atom. The van der Waals surface area contributed by atoms with Crippen molar-refractivity contribution in [1.29, 1.82) is 0 Å². The van der Waals surface area contributed by atoms with Crippen LogP contribution in [0.1, 0.15) is 18.5 Å². The van der Waals surface area contributed by atoms with E-state index in [0.29, 0.717) is 12.6 Å². The van der Waals surface area contributed by atoms with Gasteiger partial charge in [0.1, 0.15) is 5.75 Å². The summed E-state index contributed by atoms with van der Waals surface area (Å²) in [6, 6.07) is 8.90. The van der Waals surface area contributed by atoms with Crippen LogP contribution in [0, 0.1) is 0 Å². The van der Waals surface area contributed by atoms with Crippen LogP contribution < -0.4 is 10.1 Å². The average molecular weight is 319 g/mol. The summed E-state index contributed by atoms with van der Waals surface area (Å²) in [6.07, 6.45) is 0. The van der Waals surface area contributed by atoms with E-state index in [2.05, 4.69) is 46.3 Å². The van der Waals surface area contributed by atoms with Gasteiger partial charge in [0.2, 0.25) is 0 Å². The Morgan fingerprint density at radius 1 is 1.13 bits per heavy atom. The van der Waals surface area contributed by atoms with Gasteiger partial charge in [-0.15, -0.1) is 0 Å². The van der Waals surface area contributed by atoms with Gasteiger partial charge in [0.05, 0.1) is 25.9 Å². The van der Waals surface area contributed by atoms with E-state index in [1.165, 1.54) is 5.56 Å². The van der Waals surface area contributed by atoms with E-state index >= 15 is 0 Å². The van der Waals surface area contributed by atoms with Crippen LogP contribution >= 0.6 is 0 Å². The summed E-state index contributed by atoms with van der Waals surface area (Å²) in [5.41, 5.74) is 1.31. The first kappa shape index (κ1) is 16.7. The highest BCUT2D eigenvalue weighted by Crippen LogP contribution is 2.31. The second kappa shape index (κ2) is 8.64. The maximum atomic E-state index is 5.91. The molecule has 1 aromatic rings. The minimum absolute atomic E-state index is 0.375. The van der Waals surface area contributed by atoms with Gasteiger partial charge in [0.15, 0.2) is 0 Å². The van der Waals surface area contributed by atoms with Crippen LogP contribution in [0.25, 0.3) is 0 Å². The maximum Gasteiger partial charge on any atom is 0.124 e. The minimum Gasteiger partial charge on any atom is -0.494 e. The van der Waals surface area contributed by atoms with Crippen molar-refractivity contribution in [3.63, 3.8) is 0 Å². The maximum absolute atomic E-state index is 5.91. The fourth-order valence-electron chi connectivity index (χ4n) is 3.48. The van der Waals surface area contributed by atoms with Crippen molar-refractivity contribution in [1.82, 2.24) is 15.1 Å². The first-order valence-electron chi connectivity index (χ1n) is 8.85. The summed E-state index contributed by atoms with van der Waals surface area (Å²) < 4.78 is 11.5. The molecule has 0 saturated carbocycles. The van der Waals surface area contributed by atoms with Crippen LogP contribution in [-0.4, -0.2) is 75.4 Å². The number of piperazine rings is 1. The molecule has 128 valence electrons. The zero-order chi connectivity index (χ0) is 15.9. The smallest absolute Gasteiger partial charge is 0.124 e. The molecule has 1 aromatic carbocycles. The highest BCUT2D eigenvalue weighted by atomic mass is 16.5. The highest BCUT2D eigenvalue weighted by Gasteiger charge is 2.27. The van der Waals surface area contributed by atoms with Gasteiger partial charge >= 0.3 is 0 Å². The van der Waals surface area contributed by atoms with Crippen molar-refractivity contribution in [2.45, 2.75) is 13.0 Å². The molecule has 5 heteroatoms. The lowest BCUT2D eigenvalue weighted by atomic mass is 10.0. The van der Waals surface area contributed by atoms with E-state index < -0.39 is 0 Å². The molecule has 0 bridgehead atoms. The molecule has 2 aliphatic heterocycles. The summed E-state index contributed by atoms with van der Waals surface area (Å²) in [7, 11) is 0. The molecule has 3 rings (SSSR count). The number of hydrogen-bond donors (Lipinski definition) is 1. The normalized spacial score (nSPS) is 22.0. The molecule has 2 heterocycles. The van der Waals surface area contributed by atoms with Crippen LogP contribution in [0.3, 0.4) is 0 Å². The van der Waals surface area contributed by atoms with E-state index in [9.17, 15) is 0 Å². The van der Waals surface area contributed by atoms with E-state index in [-0.39, 0.29) is 0 Å². The molecule has 0 aromatic heterocycles. The van der Waals surface area contributed by atoms with Gasteiger partial charge in [-0.05, 0) is 13.0 Å². The molecular weight excluding hydrogens is 290 g/mol. The van der Waals surface area contributed by atoms with Crippen molar-refractivity contribution in [3.05, 3.63) is 29.8 Å². The first-order chi connectivity index (χ1) is 11.4. The first-order valence-corrected chi connectivity index (χ1v) is 8.85. The number of para-hydroxylation sites is 1. The third-order valence-electron chi connectivity index (χ3n) is 4.71. The van der Waals surface area contributed by atoms with E-state index in [4.69, 9.17) is 9.47 Å². The number of nitrogens with one attached hydrogen (secondary N) is 1. The SMILES string of the molecule is CCOc1ccccc1C(CN1CCNCC1)N1CCOCC1. The van der Waals surface area contributed by atoms with Crippen LogP contribution in [0.15, 0.2) is 24.3 Å². The standard InChI is InChI=1S/C18H29N3O2/c1-2-23-18-6-4-3-5-16(18)17(21-11-13-22-14-12-21)15-20-9-7-19-8-10-20/h3-6,17,19H,2,7-15H2,1H3. The van der Waals surface area contributed by atoms with E-state index in [1.54, 1.807) is 0 Å². The Labute approximate surface area is 139 Å². The fourth-order valence-corrected chi connectivity index (χ4v) is 3.48. The van der Waals surface area contributed by atoms with Crippen molar-refractivity contribution < 1.29 is 9.47 Å². The lowest BCUT2D eigenvalue weighted by Crippen LogP contribution is -2.49. The third kappa shape index (κ3) is 4.44. The zero-order valence-electron chi connectivity index (χ0n) is 14.2. The van der Waals surface area contributed by atoms with Crippen molar-refractivity contribution in [2.75, 3.05) is 65.6 Å². The minimum atomic E-state index is 0.375. The average Bonchev–Trinajstić information content (AvgIpc) is 2.62. The van der Waals surface area contributed by atoms with Crippen molar-refractivity contribution in [2.24, 2.45) is 0 Å². The summed E-state index contributed by atoms with van der Waals surface area (Å²) in [5.74, 6) is 1.03. The van der Waals surface area contributed by atoms with E-state index in [1.807, 2.05) is 0 Å². The molecule has 5 nitrogen and oxygen atoms in total. The number of hydrogen-bond acceptors (Lipinski definition) is 5. The molecule has 1 unspecified atom stereocenters. The predicted octanol–water partition coefficient (Wildman–Crippen LogP) is 1.36. The molecule has 1 N–H and O–H groups in total. The van der Waals surface area contributed by atoms with Crippen LogP contribution in [0.2, 0.25) is 0 Å². The quantitative estimate of drug-likeness (QED) is 0.857. The summed E-state index contributed by atoms with van der Waals surface area (Å²) in [5, 5.41) is 3.44. The van der Waals surface area contributed by atoms with Gasteiger partial charge in [0, 0.05) is 51.4 Å². The second-order valence-electron chi connectivity index (χ2n) is 6.19. The Morgan fingerprint density at radius 2 is 1.87 bits per heavy atom. The number of nitrogens with zero attached hydrogens (tertiary/aromatic N) is 2. The zero-order valence-corrected chi connectivity index (χ0v) is 14.2. The Hall–Kier alpha value is -1.14. The van der Waals surface area contributed by atoms with Crippen molar-refractivity contribution in [3.8, 4) is 5.75 Å². The molecule has 0 radical (unpaired) electrons. The molecule has 23 heavy (non-hydrogen) atoms. The third-order valence-corrected chi connectivity index (χ3v) is 4.71. The topological polar surface area (TPSA) is 37.0 Å². The van der Waals surface area contributed by atoms with Gasteiger partial charge in [-0.25, -0.2) is 0 Å². The van der Waals surface area contributed by atoms with Gasteiger partial charge in [-0.2, -0.15) is 0 Å². The highest BCUT2D eigenvalue weighted by molar-refractivity contribution is 5.36. The van der Waals surface area contributed by atoms with Gasteiger partial charge < -0.3 is 14.8 Å². The molecule has 0 spiro atoms. The lowest BCUT2D eigenvalue weighted by Gasteiger charge is -2.39. The Kier molecular flexibility index (Phi) is 6.28. The largest absolute Gasteiger partial charge is 0.494 e. The number of ether oxygens (including phenoxy) is 2. The fraction of sp³-hybridized carbons (Fsp3) is 0.667. The molecule has 0 aliphatic carbocycles. The van der Waals surface area contributed by atoms with Gasteiger partial charge in [-0.1, -0.05) is 18.2 Å². The molecule has 2 aliphatic rings. The van der Waals surface area contributed by atoms with Gasteiger partial charge in [-0.3, -0.25) is 9.80 Å².